The largest absolute Gasteiger partial charge is 0.388 e. The standard InChI is InChI=1S/C14H19N3O4/c1-9-11(7-10(8-15-9)17(20)21)13(18)16-6-4-5-12(16)14(2,3)19/h7-8,12,19H,4-6H2,1-3H3. The topological polar surface area (TPSA) is 96.6 Å². The summed E-state index contributed by atoms with van der Waals surface area (Å²) in [6.45, 7) is 5.52. The van der Waals surface area contributed by atoms with Crippen LogP contribution in [0.1, 0.15) is 42.7 Å². The smallest absolute Gasteiger partial charge is 0.288 e. The predicted octanol–water partition coefficient (Wildman–Crippen LogP) is 1.67. The molecule has 1 aliphatic rings. The van der Waals surface area contributed by atoms with Gasteiger partial charge in [-0.1, -0.05) is 0 Å². The van der Waals surface area contributed by atoms with Crippen molar-refractivity contribution in [2.75, 3.05) is 6.54 Å². The number of aryl methyl sites for hydroxylation is 1. The molecular formula is C14H19N3O4. The molecule has 2 rings (SSSR count). The fraction of sp³-hybridized carbons (Fsp3) is 0.571. The van der Waals surface area contributed by atoms with Gasteiger partial charge in [-0.05, 0) is 33.6 Å². The second kappa shape index (κ2) is 5.40. The van der Waals surface area contributed by atoms with Crippen LogP contribution in [-0.2, 0) is 0 Å². The Kier molecular flexibility index (Phi) is 3.95. The zero-order valence-corrected chi connectivity index (χ0v) is 12.4. The van der Waals surface area contributed by atoms with Crippen LogP contribution in [0, 0.1) is 17.0 Å². The van der Waals surface area contributed by atoms with Crippen LogP contribution >= 0.6 is 0 Å². The molecule has 21 heavy (non-hydrogen) atoms. The summed E-state index contributed by atoms with van der Waals surface area (Å²) in [5.41, 5.74) is -0.538. The van der Waals surface area contributed by atoms with Crippen molar-refractivity contribution in [2.24, 2.45) is 0 Å². The lowest BCUT2D eigenvalue weighted by Gasteiger charge is -2.34. The van der Waals surface area contributed by atoms with Gasteiger partial charge in [-0.3, -0.25) is 19.9 Å². The van der Waals surface area contributed by atoms with Crippen molar-refractivity contribution in [1.82, 2.24) is 9.88 Å². The highest BCUT2D eigenvalue weighted by atomic mass is 16.6. The number of rotatable bonds is 3. The lowest BCUT2D eigenvalue weighted by molar-refractivity contribution is -0.385. The lowest BCUT2D eigenvalue weighted by Crippen LogP contribution is -2.48. The summed E-state index contributed by atoms with van der Waals surface area (Å²) in [6.07, 6.45) is 2.67. The number of pyridine rings is 1. The Labute approximate surface area is 122 Å². The van der Waals surface area contributed by atoms with E-state index in [0.29, 0.717) is 12.2 Å². The molecule has 7 heteroatoms. The van der Waals surface area contributed by atoms with Gasteiger partial charge < -0.3 is 10.0 Å². The molecule has 1 amide bonds. The van der Waals surface area contributed by atoms with Crippen molar-refractivity contribution in [3.63, 3.8) is 0 Å². The number of aromatic nitrogens is 1. The zero-order valence-electron chi connectivity index (χ0n) is 12.4. The van der Waals surface area contributed by atoms with Gasteiger partial charge in [0.15, 0.2) is 0 Å². The third kappa shape index (κ3) is 3.02. The Balaban J connectivity index is 2.36. The van der Waals surface area contributed by atoms with E-state index in [9.17, 15) is 20.0 Å². The number of nitrogens with zero attached hydrogens (tertiary/aromatic N) is 3. The monoisotopic (exact) mass is 293 g/mol. The SMILES string of the molecule is Cc1ncc([N+](=O)[O-])cc1C(=O)N1CCCC1C(C)(C)O. The number of nitro groups is 1. The van der Waals surface area contributed by atoms with E-state index in [4.69, 9.17) is 0 Å². The van der Waals surface area contributed by atoms with E-state index >= 15 is 0 Å². The second-order valence-electron chi connectivity index (χ2n) is 5.89. The minimum Gasteiger partial charge on any atom is -0.388 e. The van der Waals surface area contributed by atoms with Crippen LogP contribution < -0.4 is 0 Å². The van der Waals surface area contributed by atoms with Crippen molar-refractivity contribution < 1.29 is 14.8 Å². The molecule has 0 bridgehead atoms. The third-order valence-corrected chi connectivity index (χ3v) is 3.84. The van der Waals surface area contributed by atoms with E-state index in [1.165, 1.54) is 6.07 Å². The Hall–Kier alpha value is -2.02. The van der Waals surface area contributed by atoms with Crippen LogP contribution in [0.4, 0.5) is 5.69 Å². The Morgan fingerprint density at radius 2 is 2.24 bits per heavy atom. The van der Waals surface area contributed by atoms with E-state index in [-0.39, 0.29) is 23.2 Å². The molecule has 1 atom stereocenters. The van der Waals surface area contributed by atoms with Gasteiger partial charge in [-0.15, -0.1) is 0 Å². The van der Waals surface area contributed by atoms with Gasteiger partial charge in [-0.25, -0.2) is 0 Å². The van der Waals surface area contributed by atoms with E-state index in [0.717, 1.165) is 19.0 Å². The number of hydrogen-bond donors (Lipinski definition) is 1. The summed E-state index contributed by atoms with van der Waals surface area (Å²) in [5, 5.41) is 21.0. The van der Waals surface area contributed by atoms with Gasteiger partial charge in [-0.2, -0.15) is 0 Å². The first-order valence-corrected chi connectivity index (χ1v) is 6.86. The molecule has 1 saturated heterocycles. The van der Waals surface area contributed by atoms with Crippen molar-refractivity contribution in [3.05, 3.63) is 33.6 Å². The van der Waals surface area contributed by atoms with Gasteiger partial charge in [0.05, 0.1) is 27.8 Å². The number of amides is 1. The quantitative estimate of drug-likeness (QED) is 0.675. The Morgan fingerprint density at radius 1 is 1.57 bits per heavy atom. The molecule has 2 heterocycles. The summed E-state index contributed by atoms with van der Waals surface area (Å²) in [4.78, 5) is 28.4. The molecule has 0 aliphatic carbocycles. The lowest BCUT2D eigenvalue weighted by atomic mass is 9.96. The number of carbonyl (C=O) groups is 1. The van der Waals surface area contributed by atoms with Crippen LogP contribution in [0.25, 0.3) is 0 Å². The molecule has 1 aromatic rings. The molecule has 1 aliphatic heterocycles. The summed E-state index contributed by atoms with van der Waals surface area (Å²) < 4.78 is 0. The summed E-state index contributed by atoms with van der Waals surface area (Å²) >= 11 is 0. The normalized spacial score (nSPS) is 18.9. The van der Waals surface area contributed by atoms with Gasteiger partial charge in [0.2, 0.25) is 0 Å². The summed E-state index contributed by atoms with van der Waals surface area (Å²) in [7, 11) is 0. The second-order valence-corrected chi connectivity index (χ2v) is 5.89. The maximum absolute atomic E-state index is 12.7. The van der Waals surface area contributed by atoms with Gasteiger partial charge in [0.25, 0.3) is 11.6 Å². The third-order valence-electron chi connectivity index (χ3n) is 3.84. The molecule has 7 nitrogen and oxygen atoms in total. The van der Waals surface area contributed by atoms with Crippen LogP contribution in [0.5, 0.6) is 0 Å². The van der Waals surface area contributed by atoms with Gasteiger partial charge >= 0.3 is 0 Å². The van der Waals surface area contributed by atoms with Crippen molar-refractivity contribution in [1.29, 1.82) is 0 Å². The van der Waals surface area contributed by atoms with E-state index in [2.05, 4.69) is 4.98 Å². The van der Waals surface area contributed by atoms with Crippen LogP contribution in [-0.4, -0.2) is 44.0 Å². The molecule has 1 unspecified atom stereocenters. The van der Waals surface area contributed by atoms with Crippen molar-refractivity contribution in [2.45, 2.75) is 45.3 Å². The Morgan fingerprint density at radius 3 is 2.81 bits per heavy atom. The van der Waals surface area contributed by atoms with Crippen LogP contribution in [0.2, 0.25) is 0 Å². The molecule has 1 fully saturated rings. The highest BCUT2D eigenvalue weighted by Gasteiger charge is 2.39. The highest BCUT2D eigenvalue weighted by molar-refractivity contribution is 5.96. The number of carbonyl (C=O) groups excluding carboxylic acids is 1. The molecule has 0 aromatic carbocycles. The van der Waals surface area contributed by atoms with Gasteiger partial charge in [0.1, 0.15) is 6.20 Å². The highest BCUT2D eigenvalue weighted by Crippen LogP contribution is 2.29. The number of likely N-dealkylation sites (tertiary alicyclic amines) is 1. The van der Waals surface area contributed by atoms with Crippen LogP contribution in [0.15, 0.2) is 12.3 Å². The predicted molar refractivity (Wildman–Crippen MR) is 76.0 cm³/mol. The van der Waals surface area contributed by atoms with E-state index < -0.39 is 10.5 Å². The number of hydrogen-bond acceptors (Lipinski definition) is 5. The fourth-order valence-corrected chi connectivity index (χ4v) is 2.74. The molecule has 0 spiro atoms. The average Bonchev–Trinajstić information content (AvgIpc) is 2.87. The minimum absolute atomic E-state index is 0.206. The molecule has 0 radical (unpaired) electrons. The number of aliphatic hydroxyl groups is 1. The first-order chi connectivity index (χ1) is 9.71. The van der Waals surface area contributed by atoms with Crippen molar-refractivity contribution >= 4 is 11.6 Å². The zero-order chi connectivity index (χ0) is 15.8. The molecule has 1 aromatic heterocycles. The first-order valence-electron chi connectivity index (χ1n) is 6.86. The first kappa shape index (κ1) is 15.4. The van der Waals surface area contributed by atoms with Crippen LogP contribution in [0.3, 0.4) is 0 Å². The molecule has 1 N–H and O–H groups in total. The molecule has 114 valence electrons. The summed E-state index contributed by atoms with van der Waals surface area (Å²) in [6, 6.07) is 0.966. The molecular weight excluding hydrogens is 274 g/mol. The average molecular weight is 293 g/mol. The summed E-state index contributed by atoms with van der Waals surface area (Å²) in [5.74, 6) is -0.312. The maximum Gasteiger partial charge on any atom is 0.288 e. The molecule has 0 saturated carbocycles. The van der Waals surface area contributed by atoms with Crippen molar-refractivity contribution in [3.8, 4) is 0 Å². The maximum atomic E-state index is 12.7. The fourth-order valence-electron chi connectivity index (χ4n) is 2.74. The minimum atomic E-state index is -1.01. The van der Waals surface area contributed by atoms with E-state index in [1.807, 2.05) is 0 Å². The Bertz CT molecular complexity index is 580. The van der Waals surface area contributed by atoms with E-state index in [1.54, 1.807) is 25.7 Å². The van der Waals surface area contributed by atoms with Gasteiger partial charge in [0, 0.05) is 12.6 Å².